The molecule has 0 aromatic heterocycles. The molecule has 0 heterocycles. The fraction of sp³-hybridized carbons (Fsp3) is 0.615. The van der Waals surface area contributed by atoms with Crippen LogP contribution >= 0.6 is 0 Å². The van der Waals surface area contributed by atoms with E-state index in [-0.39, 0.29) is 24.0 Å². The highest BCUT2D eigenvalue weighted by atomic mass is 16.2. The van der Waals surface area contributed by atoms with E-state index in [1.54, 1.807) is 14.0 Å². The number of carbonyl (C=O) groups is 1. The summed E-state index contributed by atoms with van der Waals surface area (Å²) in [5.41, 5.74) is 2.46. The Bertz CT molecular complexity index is 660. The minimum atomic E-state index is 0.102. The van der Waals surface area contributed by atoms with Gasteiger partial charge in [-0.25, -0.2) is 0 Å². The normalized spacial score (nSPS) is 16.6. The third kappa shape index (κ3) is 10.7. The number of aliphatic imine (C=N–C) groups is 1. The Balaban J connectivity index is 5.66. The van der Waals surface area contributed by atoms with Crippen molar-refractivity contribution in [2.75, 3.05) is 27.8 Å². The van der Waals surface area contributed by atoms with E-state index in [0.717, 1.165) is 25.9 Å². The van der Waals surface area contributed by atoms with Gasteiger partial charge in [-0.2, -0.15) is 0 Å². The molecule has 1 amide bonds. The first-order valence-electron chi connectivity index (χ1n) is 11.5. The van der Waals surface area contributed by atoms with Gasteiger partial charge in [0.1, 0.15) is 0 Å². The van der Waals surface area contributed by atoms with Gasteiger partial charge in [0, 0.05) is 46.0 Å². The van der Waals surface area contributed by atoms with Crippen molar-refractivity contribution >= 4 is 12.1 Å². The van der Waals surface area contributed by atoms with Gasteiger partial charge in [0.2, 0.25) is 5.91 Å². The quantitative estimate of drug-likeness (QED) is 0.240. The summed E-state index contributed by atoms with van der Waals surface area (Å²) in [6.45, 7) is 12.9. The monoisotopic (exact) mass is 430 g/mol. The van der Waals surface area contributed by atoms with E-state index >= 15 is 0 Å². The number of carbonyl (C=O) groups excluding carboxylic acids is 1. The Morgan fingerprint density at radius 1 is 1.16 bits per heavy atom. The second kappa shape index (κ2) is 16.7. The van der Waals surface area contributed by atoms with Crippen LogP contribution in [0.2, 0.25) is 0 Å². The lowest BCUT2D eigenvalue weighted by Gasteiger charge is -2.36. The van der Waals surface area contributed by atoms with E-state index in [4.69, 9.17) is 0 Å². The predicted octanol–water partition coefficient (Wildman–Crippen LogP) is 4.99. The molecule has 0 aromatic rings. The second-order valence-corrected chi connectivity index (χ2v) is 8.13. The molecule has 0 aliphatic heterocycles. The van der Waals surface area contributed by atoms with Crippen LogP contribution in [0.1, 0.15) is 60.8 Å². The van der Waals surface area contributed by atoms with Crippen LogP contribution in [-0.2, 0) is 4.79 Å². The van der Waals surface area contributed by atoms with Crippen molar-refractivity contribution in [3.63, 3.8) is 0 Å². The highest BCUT2D eigenvalue weighted by Gasteiger charge is 2.24. The molecule has 31 heavy (non-hydrogen) atoms. The van der Waals surface area contributed by atoms with E-state index in [1.165, 1.54) is 11.1 Å². The lowest BCUT2D eigenvalue weighted by Crippen LogP contribution is -2.52. The zero-order valence-corrected chi connectivity index (χ0v) is 21.4. The molecular weight excluding hydrogens is 384 g/mol. The molecule has 0 aliphatic carbocycles. The van der Waals surface area contributed by atoms with E-state index in [0.29, 0.717) is 0 Å². The molecule has 2 unspecified atom stereocenters. The molecule has 0 rings (SSSR count). The van der Waals surface area contributed by atoms with Gasteiger partial charge in [-0.3, -0.25) is 20.0 Å². The van der Waals surface area contributed by atoms with Crippen LogP contribution in [0.15, 0.2) is 52.6 Å². The SMILES string of the molecule is C\C=C/C=C\C(=C/C)C(/C(C)=C/C=NC)N(C)CNC(CCCC)[C@@H](C)N(C)C(C)=O. The molecule has 0 saturated carbocycles. The van der Waals surface area contributed by atoms with Crippen molar-refractivity contribution in [1.29, 1.82) is 0 Å². The number of amides is 1. The maximum atomic E-state index is 11.9. The summed E-state index contributed by atoms with van der Waals surface area (Å²) in [6.07, 6.45) is 17.7. The molecule has 0 aromatic carbocycles. The topological polar surface area (TPSA) is 47.9 Å². The molecule has 3 atom stereocenters. The van der Waals surface area contributed by atoms with Crippen molar-refractivity contribution < 1.29 is 4.79 Å². The first-order chi connectivity index (χ1) is 14.7. The van der Waals surface area contributed by atoms with Crippen molar-refractivity contribution in [1.82, 2.24) is 15.1 Å². The highest BCUT2D eigenvalue weighted by molar-refractivity contribution is 5.73. The molecule has 0 saturated heterocycles. The number of hydrogen-bond acceptors (Lipinski definition) is 4. The molecule has 0 spiro atoms. The van der Waals surface area contributed by atoms with E-state index in [2.05, 4.69) is 74.3 Å². The lowest BCUT2D eigenvalue weighted by molar-refractivity contribution is -0.129. The zero-order chi connectivity index (χ0) is 23.8. The number of unbranched alkanes of at least 4 members (excludes halogenated alkanes) is 1. The standard InChI is InChI=1S/C26H46N4O/c1-10-13-15-16-24(12-3)26(21(4)18-19-27-7)29(8)20-28-25(17-14-11-2)22(5)30(9)23(6)31/h10,12-13,15-16,18-19,22,25-26,28H,11,14,17,20H2,1-9H3/b13-10-,16-15-,21-18+,24-12+,27-19?/t22-,25?,26?/m1/s1. The Kier molecular flexibility index (Phi) is 15.6. The maximum absolute atomic E-state index is 11.9. The summed E-state index contributed by atoms with van der Waals surface area (Å²) >= 11 is 0. The van der Waals surface area contributed by atoms with Gasteiger partial charge < -0.3 is 4.90 Å². The molecule has 0 bridgehead atoms. The van der Waals surface area contributed by atoms with Gasteiger partial charge in [0.25, 0.3) is 0 Å². The van der Waals surface area contributed by atoms with Gasteiger partial charge in [-0.05, 0) is 52.8 Å². The Labute approximate surface area is 191 Å². The number of nitrogens with zero attached hydrogens (tertiary/aromatic N) is 3. The van der Waals surface area contributed by atoms with E-state index in [9.17, 15) is 4.79 Å². The molecule has 0 radical (unpaired) electrons. The average molecular weight is 431 g/mol. The first kappa shape index (κ1) is 29.0. The predicted molar refractivity (Wildman–Crippen MR) is 137 cm³/mol. The Hall–Kier alpha value is -1.98. The average Bonchev–Trinajstić information content (AvgIpc) is 2.75. The van der Waals surface area contributed by atoms with Crippen molar-refractivity contribution in [2.24, 2.45) is 4.99 Å². The van der Waals surface area contributed by atoms with E-state index < -0.39 is 0 Å². The summed E-state index contributed by atoms with van der Waals surface area (Å²) in [5.74, 6) is 0.102. The molecule has 0 fully saturated rings. The Morgan fingerprint density at radius 3 is 2.35 bits per heavy atom. The van der Waals surface area contributed by atoms with Gasteiger partial charge >= 0.3 is 0 Å². The van der Waals surface area contributed by atoms with Crippen LogP contribution in [0.3, 0.4) is 0 Å². The zero-order valence-electron chi connectivity index (χ0n) is 21.4. The fourth-order valence-electron chi connectivity index (χ4n) is 3.62. The smallest absolute Gasteiger partial charge is 0.219 e. The van der Waals surface area contributed by atoms with Crippen LogP contribution in [0.4, 0.5) is 0 Å². The van der Waals surface area contributed by atoms with Crippen molar-refractivity contribution in [3.05, 3.63) is 47.6 Å². The van der Waals surface area contributed by atoms with Crippen molar-refractivity contribution in [3.8, 4) is 0 Å². The summed E-state index contributed by atoms with van der Waals surface area (Å²) in [5, 5.41) is 3.73. The number of likely N-dealkylation sites (N-methyl/N-ethyl adjacent to an activating group) is 2. The van der Waals surface area contributed by atoms with Crippen LogP contribution in [-0.4, -0.2) is 67.9 Å². The minimum Gasteiger partial charge on any atom is -0.342 e. The summed E-state index contributed by atoms with van der Waals surface area (Å²) < 4.78 is 0. The van der Waals surface area contributed by atoms with Gasteiger partial charge in [-0.15, -0.1) is 0 Å². The van der Waals surface area contributed by atoms with E-state index in [1.807, 2.05) is 37.2 Å². The molecule has 1 N–H and O–H groups in total. The van der Waals surface area contributed by atoms with Crippen LogP contribution in [0.25, 0.3) is 0 Å². The second-order valence-electron chi connectivity index (χ2n) is 8.13. The van der Waals surface area contributed by atoms with Crippen LogP contribution < -0.4 is 5.32 Å². The third-order valence-corrected chi connectivity index (χ3v) is 5.76. The van der Waals surface area contributed by atoms with Gasteiger partial charge in [0.15, 0.2) is 0 Å². The van der Waals surface area contributed by atoms with Crippen molar-refractivity contribution in [2.45, 2.75) is 78.9 Å². The Morgan fingerprint density at radius 2 is 1.84 bits per heavy atom. The number of rotatable bonds is 14. The minimum absolute atomic E-state index is 0.102. The lowest BCUT2D eigenvalue weighted by atomic mass is 9.97. The largest absolute Gasteiger partial charge is 0.342 e. The fourth-order valence-corrected chi connectivity index (χ4v) is 3.62. The van der Waals surface area contributed by atoms with Gasteiger partial charge in [0.05, 0.1) is 6.04 Å². The highest BCUT2D eigenvalue weighted by Crippen LogP contribution is 2.20. The summed E-state index contributed by atoms with van der Waals surface area (Å²) in [7, 11) is 5.82. The van der Waals surface area contributed by atoms with Crippen LogP contribution in [0, 0.1) is 0 Å². The molecule has 0 aliphatic rings. The molecular formula is C26H46N4O. The van der Waals surface area contributed by atoms with Crippen LogP contribution in [0.5, 0.6) is 0 Å². The first-order valence-corrected chi connectivity index (χ1v) is 11.5. The summed E-state index contributed by atoms with van der Waals surface area (Å²) in [4.78, 5) is 20.2. The maximum Gasteiger partial charge on any atom is 0.219 e. The van der Waals surface area contributed by atoms with Gasteiger partial charge in [-0.1, -0.05) is 55.7 Å². The molecule has 176 valence electrons. The number of nitrogens with one attached hydrogen (secondary N) is 1. The third-order valence-electron chi connectivity index (χ3n) is 5.76. The molecule has 5 heteroatoms. The number of hydrogen-bond donors (Lipinski definition) is 1. The molecule has 5 nitrogen and oxygen atoms in total. The number of allylic oxidation sites excluding steroid dienone is 5. The summed E-state index contributed by atoms with van der Waals surface area (Å²) in [6, 6.07) is 0.506.